The quantitative estimate of drug-likeness (QED) is 0.281. The smallest absolute Gasteiger partial charge is 0.407 e. The summed E-state index contributed by atoms with van der Waals surface area (Å²) in [5, 5.41) is 5.31. The number of nitrogens with one attached hydrogen (secondary N) is 2. The molecule has 0 fully saturated rings. The molecule has 0 saturated heterocycles. The van der Waals surface area contributed by atoms with Crippen LogP contribution in [0.25, 0.3) is 0 Å². The van der Waals surface area contributed by atoms with Crippen molar-refractivity contribution in [1.82, 2.24) is 10.6 Å². The van der Waals surface area contributed by atoms with E-state index in [9.17, 15) is 14.4 Å². The van der Waals surface area contributed by atoms with Gasteiger partial charge in [0.25, 0.3) is 0 Å². The molecular formula is C20H34N2O6. The molecule has 0 heterocycles. The van der Waals surface area contributed by atoms with Crippen LogP contribution < -0.4 is 10.6 Å². The fraction of sp³-hybridized carbons (Fsp3) is 0.650. The summed E-state index contributed by atoms with van der Waals surface area (Å²) in [4.78, 5) is 34.9. The number of carbonyl (C=O) groups excluding carboxylic acids is 3. The van der Waals surface area contributed by atoms with Gasteiger partial charge in [0.05, 0.1) is 6.61 Å². The maximum absolute atomic E-state index is 11.8. The number of rotatable bonds is 8. The predicted octanol–water partition coefficient (Wildman–Crippen LogP) is 3.47. The fourth-order valence-corrected chi connectivity index (χ4v) is 1.82. The van der Waals surface area contributed by atoms with Crippen molar-refractivity contribution in [3.05, 3.63) is 23.8 Å². The van der Waals surface area contributed by atoms with Gasteiger partial charge in [0.1, 0.15) is 11.2 Å². The second kappa shape index (κ2) is 12.0. The van der Waals surface area contributed by atoms with Crippen LogP contribution in [0.2, 0.25) is 0 Å². The molecule has 0 atom stereocenters. The molecule has 8 nitrogen and oxygen atoms in total. The molecule has 0 aliphatic rings. The van der Waals surface area contributed by atoms with Gasteiger partial charge in [-0.2, -0.15) is 0 Å². The van der Waals surface area contributed by atoms with Gasteiger partial charge in [-0.3, -0.25) is 0 Å². The van der Waals surface area contributed by atoms with Crippen molar-refractivity contribution in [1.29, 1.82) is 0 Å². The Morgan fingerprint density at radius 3 is 1.93 bits per heavy atom. The molecule has 0 rings (SSSR count). The predicted molar refractivity (Wildman–Crippen MR) is 107 cm³/mol. The average molecular weight is 399 g/mol. The van der Waals surface area contributed by atoms with Crippen LogP contribution in [0, 0.1) is 0 Å². The molecule has 2 amide bonds. The summed E-state index contributed by atoms with van der Waals surface area (Å²) in [6.45, 7) is 13.2. The van der Waals surface area contributed by atoms with E-state index in [2.05, 4.69) is 10.6 Å². The number of alkyl carbamates (subject to hydrolysis) is 2. The minimum Gasteiger partial charge on any atom is -0.463 e. The van der Waals surface area contributed by atoms with Crippen LogP contribution in [-0.2, 0) is 19.0 Å². The summed E-state index contributed by atoms with van der Waals surface area (Å²) >= 11 is 0. The third-order valence-corrected chi connectivity index (χ3v) is 2.82. The molecule has 0 aliphatic heterocycles. The summed E-state index contributed by atoms with van der Waals surface area (Å²) < 4.78 is 15.2. The first kappa shape index (κ1) is 25.5. The van der Waals surface area contributed by atoms with Crippen LogP contribution in [0.15, 0.2) is 23.8 Å². The van der Waals surface area contributed by atoms with E-state index in [0.29, 0.717) is 19.6 Å². The Kier molecular flexibility index (Phi) is 11.0. The number of carbonyl (C=O) groups is 3. The maximum atomic E-state index is 11.8. The summed E-state index contributed by atoms with van der Waals surface area (Å²) in [5.41, 5.74) is -0.401. The topological polar surface area (TPSA) is 103 Å². The van der Waals surface area contributed by atoms with Crippen LogP contribution in [0.3, 0.4) is 0 Å². The molecule has 0 spiro atoms. The molecule has 0 unspecified atom stereocenters. The monoisotopic (exact) mass is 398 g/mol. The van der Waals surface area contributed by atoms with Gasteiger partial charge >= 0.3 is 18.2 Å². The van der Waals surface area contributed by atoms with Crippen molar-refractivity contribution < 1.29 is 28.6 Å². The van der Waals surface area contributed by atoms with Crippen molar-refractivity contribution in [2.24, 2.45) is 0 Å². The first-order valence-electron chi connectivity index (χ1n) is 9.29. The summed E-state index contributed by atoms with van der Waals surface area (Å²) in [6, 6.07) is 0. The minimum absolute atomic E-state index is 0.206. The molecule has 0 bridgehead atoms. The zero-order valence-electron chi connectivity index (χ0n) is 18.0. The Bertz CT molecular complexity index is 582. The van der Waals surface area contributed by atoms with Crippen molar-refractivity contribution >= 4 is 18.2 Å². The van der Waals surface area contributed by atoms with Gasteiger partial charge in [-0.05, 0) is 60.5 Å². The van der Waals surface area contributed by atoms with Gasteiger partial charge in [0.2, 0.25) is 0 Å². The largest absolute Gasteiger partial charge is 0.463 e. The molecule has 0 aromatic rings. The van der Waals surface area contributed by atoms with Gasteiger partial charge in [-0.15, -0.1) is 0 Å². The Hall–Kier alpha value is -2.51. The number of amides is 2. The van der Waals surface area contributed by atoms with Crippen LogP contribution in [0.5, 0.6) is 0 Å². The van der Waals surface area contributed by atoms with Crippen LogP contribution in [-0.4, -0.2) is 49.1 Å². The Morgan fingerprint density at radius 1 is 0.893 bits per heavy atom. The molecule has 0 aromatic carbocycles. The lowest BCUT2D eigenvalue weighted by molar-refractivity contribution is -0.137. The third-order valence-electron chi connectivity index (χ3n) is 2.82. The van der Waals surface area contributed by atoms with E-state index in [1.165, 1.54) is 12.2 Å². The number of ether oxygens (including phenoxy) is 3. The second-order valence-corrected chi connectivity index (χ2v) is 7.97. The highest BCUT2D eigenvalue weighted by Crippen LogP contribution is 2.08. The lowest BCUT2D eigenvalue weighted by Crippen LogP contribution is -2.35. The third kappa shape index (κ3) is 15.7. The zero-order chi connectivity index (χ0) is 21.8. The first-order valence-corrected chi connectivity index (χ1v) is 9.29. The lowest BCUT2D eigenvalue weighted by Gasteiger charge is -2.21. The summed E-state index contributed by atoms with van der Waals surface area (Å²) in [5.74, 6) is -0.454. The van der Waals surface area contributed by atoms with Gasteiger partial charge in [0, 0.05) is 19.2 Å². The number of hydrogen-bond acceptors (Lipinski definition) is 6. The Labute approximate surface area is 167 Å². The van der Waals surface area contributed by atoms with E-state index >= 15 is 0 Å². The van der Waals surface area contributed by atoms with Crippen LogP contribution in [0.1, 0.15) is 54.9 Å². The SMILES string of the molecule is CCOC(=O)C=CC=C(CCNC(=O)OC(C)(C)C)CNC(=O)OC(C)(C)C. The zero-order valence-corrected chi connectivity index (χ0v) is 18.0. The average Bonchev–Trinajstić information content (AvgIpc) is 2.48. The number of hydrogen-bond donors (Lipinski definition) is 2. The summed E-state index contributed by atoms with van der Waals surface area (Å²) in [7, 11) is 0. The molecular weight excluding hydrogens is 364 g/mol. The highest BCUT2D eigenvalue weighted by Gasteiger charge is 2.17. The highest BCUT2D eigenvalue weighted by atomic mass is 16.6. The van der Waals surface area contributed by atoms with E-state index in [-0.39, 0.29) is 6.54 Å². The van der Waals surface area contributed by atoms with E-state index in [1.807, 2.05) is 0 Å². The van der Waals surface area contributed by atoms with E-state index < -0.39 is 29.4 Å². The number of allylic oxidation sites excluding steroid dienone is 2. The molecule has 0 radical (unpaired) electrons. The van der Waals surface area contributed by atoms with Gasteiger partial charge < -0.3 is 24.8 Å². The van der Waals surface area contributed by atoms with Crippen molar-refractivity contribution in [3.8, 4) is 0 Å². The van der Waals surface area contributed by atoms with E-state index in [1.54, 1.807) is 54.5 Å². The van der Waals surface area contributed by atoms with Gasteiger partial charge in [-0.1, -0.05) is 12.2 Å². The molecule has 160 valence electrons. The molecule has 0 aliphatic carbocycles. The Morgan fingerprint density at radius 2 is 1.43 bits per heavy atom. The first-order chi connectivity index (χ1) is 12.8. The van der Waals surface area contributed by atoms with Crippen molar-refractivity contribution in [2.45, 2.75) is 66.1 Å². The fourth-order valence-electron chi connectivity index (χ4n) is 1.82. The molecule has 2 N–H and O–H groups in total. The normalized spacial score (nSPS) is 12.5. The van der Waals surface area contributed by atoms with E-state index in [4.69, 9.17) is 14.2 Å². The van der Waals surface area contributed by atoms with Gasteiger partial charge in [-0.25, -0.2) is 14.4 Å². The highest BCUT2D eigenvalue weighted by molar-refractivity contribution is 5.82. The molecule has 0 saturated carbocycles. The van der Waals surface area contributed by atoms with Crippen molar-refractivity contribution in [3.63, 3.8) is 0 Å². The minimum atomic E-state index is -0.601. The molecule has 28 heavy (non-hydrogen) atoms. The second-order valence-electron chi connectivity index (χ2n) is 7.97. The standard InChI is InChI=1S/C20H34N2O6/c1-8-26-16(23)11-9-10-15(14-22-18(25)28-20(5,6)7)12-13-21-17(24)27-19(2,3)4/h9-11H,8,12-14H2,1-7H3,(H,21,24)(H,22,25). The van der Waals surface area contributed by atoms with Crippen LogP contribution in [0.4, 0.5) is 9.59 Å². The Balaban J connectivity index is 4.77. The lowest BCUT2D eigenvalue weighted by atomic mass is 10.1. The molecule has 8 heteroatoms. The summed E-state index contributed by atoms with van der Waals surface area (Å²) in [6.07, 6.45) is 3.89. The van der Waals surface area contributed by atoms with E-state index in [0.717, 1.165) is 5.57 Å². The maximum Gasteiger partial charge on any atom is 0.407 e. The van der Waals surface area contributed by atoms with Crippen molar-refractivity contribution in [2.75, 3.05) is 19.7 Å². The van der Waals surface area contributed by atoms with Crippen LogP contribution >= 0.6 is 0 Å². The number of esters is 1. The van der Waals surface area contributed by atoms with Gasteiger partial charge in [0.15, 0.2) is 0 Å². The molecule has 0 aromatic heterocycles.